The van der Waals surface area contributed by atoms with E-state index < -0.39 is 11.6 Å². The first-order chi connectivity index (χ1) is 16.0. The smallest absolute Gasteiger partial charge is 0.343 e. The molecule has 4 aromatic rings. The van der Waals surface area contributed by atoms with Crippen molar-refractivity contribution < 1.29 is 14.6 Å². The lowest BCUT2D eigenvalue weighted by Gasteiger charge is -2.31. The maximum Gasteiger partial charge on any atom is 0.343 e. The second-order valence-electron chi connectivity index (χ2n) is 8.34. The van der Waals surface area contributed by atoms with E-state index in [1.807, 2.05) is 36.4 Å². The van der Waals surface area contributed by atoms with Crippen LogP contribution in [0.15, 0.2) is 75.2 Å². The normalized spacial score (nSPS) is 18.5. The zero-order chi connectivity index (χ0) is 22.7. The van der Waals surface area contributed by atoms with Gasteiger partial charge < -0.3 is 14.4 Å². The van der Waals surface area contributed by atoms with Crippen molar-refractivity contribution in [3.05, 3.63) is 87.7 Å². The number of hydrogen-bond donors (Lipinski definition) is 1. The topological polar surface area (TPSA) is 81.4 Å². The monoisotopic (exact) mass is 456 g/mol. The molecule has 0 unspecified atom stereocenters. The molecule has 0 bridgehead atoms. The summed E-state index contributed by atoms with van der Waals surface area (Å²) in [7, 11) is 0. The van der Waals surface area contributed by atoms with Crippen molar-refractivity contribution in [2.24, 2.45) is 0 Å². The number of benzene rings is 2. The molecule has 1 N–H and O–H groups in total. The second-order valence-corrected chi connectivity index (χ2v) is 9.46. The Morgan fingerprint density at radius 2 is 1.94 bits per heavy atom. The molecule has 6 rings (SSSR count). The molecule has 2 aliphatic heterocycles. The van der Waals surface area contributed by atoms with Gasteiger partial charge in [-0.15, -0.1) is 0 Å². The highest BCUT2D eigenvalue weighted by Gasteiger charge is 2.45. The Morgan fingerprint density at radius 3 is 2.73 bits per heavy atom. The molecular formula is C26H20N2O4S. The summed E-state index contributed by atoms with van der Waals surface area (Å²) < 4.78 is 6.80. The second kappa shape index (κ2) is 7.30. The highest BCUT2D eigenvalue weighted by Crippen LogP contribution is 2.40. The van der Waals surface area contributed by atoms with Gasteiger partial charge in [0.25, 0.3) is 5.56 Å². The first-order valence-electron chi connectivity index (χ1n) is 10.8. The van der Waals surface area contributed by atoms with Crippen molar-refractivity contribution in [2.75, 3.05) is 0 Å². The predicted molar refractivity (Wildman–Crippen MR) is 125 cm³/mol. The average Bonchev–Trinajstić information content (AvgIpc) is 3.19. The van der Waals surface area contributed by atoms with E-state index in [-0.39, 0.29) is 18.6 Å². The molecule has 7 heteroatoms. The van der Waals surface area contributed by atoms with E-state index in [1.165, 1.54) is 0 Å². The van der Waals surface area contributed by atoms with Crippen LogP contribution in [0.2, 0.25) is 0 Å². The summed E-state index contributed by atoms with van der Waals surface area (Å²) in [6, 6.07) is 20.0. The predicted octanol–water partition coefficient (Wildman–Crippen LogP) is 4.23. The van der Waals surface area contributed by atoms with Crippen LogP contribution in [0.4, 0.5) is 0 Å². The van der Waals surface area contributed by atoms with E-state index in [4.69, 9.17) is 9.72 Å². The number of esters is 1. The average molecular weight is 457 g/mol. The maximum atomic E-state index is 13.3. The van der Waals surface area contributed by atoms with Gasteiger partial charge in [0.1, 0.15) is 6.61 Å². The first kappa shape index (κ1) is 20.2. The van der Waals surface area contributed by atoms with Crippen molar-refractivity contribution in [1.29, 1.82) is 0 Å². The number of hydrogen-bond acceptors (Lipinski definition) is 6. The van der Waals surface area contributed by atoms with Gasteiger partial charge in [-0.3, -0.25) is 4.79 Å². The Labute approximate surface area is 193 Å². The minimum absolute atomic E-state index is 0.123. The van der Waals surface area contributed by atoms with Crippen molar-refractivity contribution in [2.45, 2.75) is 41.9 Å². The Bertz CT molecular complexity index is 1510. The number of rotatable bonds is 3. The minimum atomic E-state index is -1.82. The summed E-state index contributed by atoms with van der Waals surface area (Å²) in [6.07, 6.45) is 0.123. The van der Waals surface area contributed by atoms with Crippen LogP contribution in [0.5, 0.6) is 0 Å². The van der Waals surface area contributed by atoms with Crippen LogP contribution in [0.3, 0.4) is 0 Å². The van der Waals surface area contributed by atoms with E-state index in [0.29, 0.717) is 29.1 Å². The van der Waals surface area contributed by atoms with Crippen LogP contribution in [0, 0.1) is 0 Å². The molecule has 164 valence electrons. The summed E-state index contributed by atoms with van der Waals surface area (Å²) in [5, 5.41) is 12.0. The molecule has 2 aliphatic rings. The maximum absolute atomic E-state index is 13.3. The van der Waals surface area contributed by atoms with Crippen LogP contribution in [0.1, 0.15) is 30.0 Å². The standard InChI is InChI=1S/C26H20N2O4S/c1-2-26(31)19-12-20-22-16(13-28(20)24(29)18(19)14-32-25(26)30)11-15-7-6-10-21(23(15)27-22)33-17-8-4-3-5-9-17/h3-12,31H,2,13-14H2,1H3/t26-/m0/s1. The Balaban J connectivity index is 1.55. The molecule has 4 heterocycles. The highest BCUT2D eigenvalue weighted by molar-refractivity contribution is 7.99. The Hall–Kier alpha value is -3.42. The number of carbonyl (C=O) groups excluding carboxylic acids is 1. The van der Waals surface area contributed by atoms with Crippen LogP contribution in [-0.2, 0) is 28.3 Å². The third-order valence-corrected chi connectivity index (χ3v) is 7.53. The lowest BCUT2D eigenvalue weighted by atomic mass is 9.86. The molecule has 0 radical (unpaired) electrons. The van der Waals surface area contributed by atoms with Crippen molar-refractivity contribution in [3.8, 4) is 11.4 Å². The van der Waals surface area contributed by atoms with Gasteiger partial charge in [0, 0.05) is 26.3 Å². The first-order valence-corrected chi connectivity index (χ1v) is 11.6. The number of aromatic nitrogens is 2. The van der Waals surface area contributed by atoms with E-state index in [9.17, 15) is 14.7 Å². The number of pyridine rings is 2. The Kier molecular flexibility index (Phi) is 4.47. The quantitative estimate of drug-likeness (QED) is 0.409. The third kappa shape index (κ3) is 2.96. The molecular weight excluding hydrogens is 436 g/mol. The fourth-order valence-electron chi connectivity index (χ4n) is 4.68. The van der Waals surface area contributed by atoms with E-state index in [1.54, 1.807) is 29.3 Å². The lowest BCUT2D eigenvalue weighted by molar-refractivity contribution is -0.172. The number of aliphatic hydroxyl groups is 1. The summed E-state index contributed by atoms with van der Waals surface area (Å²) in [5.41, 5.74) is 1.72. The molecule has 0 amide bonds. The molecule has 33 heavy (non-hydrogen) atoms. The van der Waals surface area contributed by atoms with E-state index in [2.05, 4.69) is 18.2 Å². The summed E-state index contributed by atoms with van der Waals surface area (Å²) in [5.74, 6) is -0.715. The van der Waals surface area contributed by atoms with E-state index in [0.717, 1.165) is 26.3 Å². The summed E-state index contributed by atoms with van der Waals surface area (Å²) in [4.78, 5) is 32.8. The fourth-order valence-corrected chi connectivity index (χ4v) is 5.63. The third-order valence-electron chi connectivity index (χ3n) is 6.47. The number of ether oxygens (including phenoxy) is 1. The van der Waals surface area contributed by atoms with Crippen molar-refractivity contribution >= 4 is 28.6 Å². The number of para-hydroxylation sites is 1. The number of nitrogens with zero attached hydrogens (tertiary/aromatic N) is 2. The molecule has 0 saturated carbocycles. The van der Waals surface area contributed by atoms with Gasteiger partial charge in [0.05, 0.1) is 29.0 Å². The number of cyclic esters (lactones) is 1. The highest BCUT2D eigenvalue weighted by atomic mass is 32.2. The zero-order valence-corrected chi connectivity index (χ0v) is 18.7. The molecule has 0 fully saturated rings. The van der Waals surface area contributed by atoms with Crippen LogP contribution >= 0.6 is 11.8 Å². The van der Waals surface area contributed by atoms with Gasteiger partial charge in [-0.2, -0.15) is 0 Å². The molecule has 2 aromatic heterocycles. The summed E-state index contributed by atoms with van der Waals surface area (Å²) >= 11 is 1.64. The van der Waals surface area contributed by atoms with Gasteiger partial charge in [0.15, 0.2) is 5.60 Å². The fraction of sp³-hybridized carbons (Fsp3) is 0.192. The van der Waals surface area contributed by atoms with Gasteiger partial charge in [0.2, 0.25) is 0 Å². The number of carbonyl (C=O) groups is 1. The van der Waals surface area contributed by atoms with Gasteiger partial charge in [-0.1, -0.05) is 49.0 Å². The van der Waals surface area contributed by atoms with Crippen LogP contribution in [0.25, 0.3) is 22.3 Å². The molecule has 6 nitrogen and oxygen atoms in total. The van der Waals surface area contributed by atoms with Crippen LogP contribution in [-0.4, -0.2) is 20.6 Å². The molecule has 0 aliphatic carbocycles. The van der Waals surface area contributed by atoms with Crippen molar-refractivity contribution in [1.82, 2.24) is 9.55 Å². The van der Waals surface area contributed by atoms with Crippen molar-refractivity contribution in [3.63, 3.8) is 0 Å². The van der Waals surface area contributed by atoms with Gasteiger partial charge in [-0.25, -0.2) is 9.78 Å². The Morgan fingerprint density at radius 1 is 1.12 bits per heavy atom. The lowest BCUT2D eigenvalue weighted by Crippen LogP contribution is -2.44. The van der Waals surface area contributed by atoms with Gasteiger partial charge >= 0.3 is 5.97 Å². The van der Waals surface area contributed by atoms with Gasteiger partial charge in [-0.05, 0) is 36.8 Å². The number of fused-ring (bicyclic) bond motifs is 5. The molecule has 1 atom stereocenters. The molecule has 2 aromatic carbocycles. The summed E-state index contributed by atoms with van der Waals surface area (Å²) in [6.45, 7) is 1.97. The molecule has 0 spiro atoms. The van der Waals surface area contributed by atoms with E-state index >= 15 is 0 Å². The minimum Gasteiger partial charge on any atom is -0.458 e. The zero-order valence-electron chi connectivity index (χ0n) is 17.9. The van der Waals surface area contributed by atoms with Crippen LogP contribution < -0.4 is 5.56 Å². The SMILES string of the molecule is CC[C@@]1(O)C(=O)OCc2c1cc1n(c2=O)Cc2cc3cccc(Sc4ccccc4)c3nc2-1. The largest absolute Gasteiger partial charge is 0.458 e. The molecule has 0 saturated heterocycles.